The molecule has 1 saturated heterocycles. The van der Waals surface area contributed by atoms with Crippen LogP contribution in [0.2, 0.25) is 5.02 Å². The first-order valence-electron chi connectivity index (χ1n) is 5.58. The van der Waals surface area contributed by atoms with Crippen molar-refractivity contribution < 1.29 is 9.53 Å². The van der Waals surface area contributed by atoms with Gasteiger partial charge in [0, 0.05) is 10.7 Å². The topological polar surface area (TPSA) is 41.6 Å². The minimum absolute atomic E-state index is 0.0772. The van der Waals surface area contributed by atoms with Crippen molar-refractivity contribution in [2.75, 3.05) is 25.1 Å². The number of benzene rings is 1. The summed E-state index contributed by atoms with van der Waals surface area (Å²) in [6, 6.07) is 7.34. The molecule has 1 aromatic rings. The molecule has 0 spiro atoms. The Balaban J connectivity index is 2.18. The number of carbonyl (C=O) groups is 1. The van der Waals surface area contributed by atoms with Gasteiger partial charge in [0.15, 0.2) is 0 Å². The van der Waals surface area contributed by atoms with E-state index in [1.807, 2.05) is 19.2 Å². The number of nitrogens with one attached hydrogen (secondary N) is 1. The van der Waals surface area contributed by atoms with Crippen molar-refractivity contribution in [1.29, 1.82) is 0 Å². The van der Waals surface area contributed by atoms with Gasteiger partial charge in [0.1, 0.15) is 6.61 Å². The van der Waals surface area contributed by atoms with Gasteiger partial charge in [0.2, 0.25) is 0 Å². The summed E-state index contributed by atoms with van der Waals surface area (Å²) in [6.07, 6.45) is 0.558. The maximum Gasteiger partial charge on any atom is 0.414 e. The third-order valence-corrected chi connectivity index (χ3v) is 3.01. The molecule has 1 amide bonds. The molecule has 1 heterocycles. The van der Waals surface area contributed by atoms with Gasteiger partial charge in [-0.15, -0.1) is 0 Å². The Bertz CT molecular complexity index is 411. The van der Waals surface area contributed by atoms with Gasteiger partial charge in [0.25, 0.3) is 0 Å². The van der Waals surface area contributed by atoms with Crippen LogP contribution in [0.15, 0.2) is 24.3 Å². The fraction of sp³-hybridized carbons (Fsp3) is 0.417. The van der Waals surface area contributed by atoms with Gasteiger partial charge in [-0.2, -0.15) is 0 Å². The van der Waals surface area contributed by atoms with Crippen molar-refractivity contribution in [3.63, 3.8) is 0 Å². The molecule has 1 aromatic carbocycles. The predicted molar refractivity (Wildman–Crippen MR) is 67.6 cm³/mol. The molecule has 0 saturated carbocycles. The smallest absolute Gasteiger partial charge is 0.414 e. The first-order valence-corrected chi connectivity index (χ1v) is 5.96. The zero-order valence-electron chi connectivity index (χ0n) is 9.65. The van der Waals surface area contributed by atoms with Crippen molar-refractivity contribution in [3.8, 4) is 0 Å². The minimum Gasteiger partial charge on any atom is -0.447 e. The van der Waals surface area contributed by atoms with Crippen LogP contribution in [0.3, 0.4) is 0 Å². The molecule has 1 aliphatic rings. The Morgan fingerprint density at radius 1 is 1.59 bits per heavy atom. The molecule has 0 bridgehead atoms. The zero-order chi connectivity index (χ0) is 12.3. The van der Waals surface area contributed by atoms with E-state index < -0.39 is 0 Å². The van der Waals surface area contributed by atoms with Crippen molar-refractivity contribution in [1.82, 2.24) is 5.32 Å². The Kier molecular flexibility index (Phi) is 3.86. The Hall–Kier alpha value is -1.26. The van der Waals surface area contributed by atoms with Crippen LogP contribution < -0.4 is 10.2 Å². The Labute approximate surface area is 106 Å². The number of ether oxygens (including phenoxy) is 1. The molecule has 0 aromatic heterocycles. The number of carbonyl (C=O) groups excluding carboxylic acids is 1. The number of halogens is 1. The van der Waals surface area contributed by atoms with Gasteiger partial charge < -0.3 is 10.1 Å². The average molecular weight is 255 g/mol. The molecule has 92 valence electrons. The first kappa shape index (κ1) is 12.2. The van der Waals surface area contributed by atoms with Crippen molar-refractivity contribution in [3.05, 3.63) is 29.3 Å². The molecular weight excluding hydrogens is 240 g/mol. The highest BCUT2D eigenvalue weighted by molar-refractivity contribution is 6.30. The highest BCUT2D eigenvalue weighted by atomic mass is 35.5. The summed E-state index contributed by atoms with van der Waals surface area (Å²) in [4.78, 5) is 13.4. The van der Waals surface area contributed by atoms with Crippen LogP contribution in [0.25, 0.3) is 0 Å². The average Bonchev–Trinajstić information content (AvgIpc) is 2.68. The second-order valence-corrected chi connectivity index (χ2v) is 4.41. The van der Waals surface area contributed by atoms with Gasteiger partial charge in [-0.25, -0.2) is 4.79 Å². The van der Waals surface area contributed by atoms with E-state index in [0.717, 1.165) is 18.7 Å². The first-order chi connectivity index (χ1) is 8.22. The number of nitrogens with zero attached hydrogens (tertiary/aromatic N) is 1. The second kappa shape index (κ2) is 5.38. The molecular formula is C12H15ClN2O2. The van der Waals surface area contributed by atoms with Gasteiger partial charge in [-0.3, -0.25) is 4.90 Å². The zero-order valence-corrected chi connectivity index (χ0v) is 10.4. The number of hydrogen-bond acceptors (Lipinski definition) is 3. The summed E-state index contributed by atoms with van der Waals surface area (Å²) in [5, 5.41) is 3.69. The summed E-state index contributed by atoms with van der Waals surface area (Å²) in [5.74, 6) is 0. The standard InChI is InChI=1S/C12H15ClN2O2/c1-14-6-5-11-8-17-12(16)15(11)10-4-2-3-9(13)7-10/h2-4,7,11,14H,5-6,8H2,1H3. The maximum atomic E-state index is 11.7. The third kappa shape index (κ3) is 2.70. The van der Waals surface area contributed by atoms with Crippen LogP contribution in [-0.2, 0) is 4.74 Å². The summed E-state index contributed by atoms with van der Waals surface area (Å²) < 4.78 is 5.09. The van der Waals surface area contributed by atoms with Crippen LogP contribution in [0.4, 0.5) is 10.5 Å². The van der Waals surface area contributed by atoms with E-state index >= 15 is 0 Å². The molecule has 17 heavy (non-hydrogen) atoms. The normalized spacial score (nSPS) is 19.5. The molecule has 1 aliphatic heterocycles. The molecule has 1 atom stereocenters. The maximum absolute atomic E-state index is 11.7. The number of cyclic esters (lactones) is 1. The number of rotatable bonds is 4. The van der Waals surface area contributed by atoms with Crippen molar-refractivity contribution in [2.24, 2.45) is 0 Å². The van der Waals surface area contributed by atoms with Crippen LogP contribution in [0.1, 0.15) is 6.42 Å². The summed E-state index contributed by atoms with van der Waals surface area (Å²) in [7, 11) is 1.89. The SMILES string of the molecule is CNCCC1COC(=O)N1c1cccc(Cl)c1. The van der Waals surface area contributed by atoms with Crippen LogP contribution >= 0.6 is 11.6 Å². The summed E-state index contributed by atoms with van der Waals surface area (Å²) in [5.41, 5.74) is 0.793. The Morgan fingerprint density at radius 2 is 2.41 bits per heavy atom. The molecule has 5 heteroatoms. The minimum atomic E-state index is -0.298. The van der Waals surface area contributed by atoms with E-state index in [1.54, 1.807) is 17.0 Å². The lowest BCUT2D eigenvalue weighted by molar-refractivity contribution is 0.178. The number of hydrogen-bond donors (Lipinski definition) is 1. The monoisotopic (exact) mass is 254 g/mol. The third-order valence-electron chi connectivity index (χ3n) is 2.77. The molecule has 2 rings (SSSR count). The largest absolute Gasteiger partial charge is 0.447 e. The molecule has 0 aliphatic carbocycles. The fourth-order valence-corrected chi connectivity index (χ4v) is 2.11. The molecule has 1 unspecified atom stereocenters. The van der Waals surface area contributed by atoms with E-state index in [1.165, 1.54) is 0 Å². The summed E-state index contributed by atoms with van der Waals surface area (Å²) >= 11 is 5.93. The lowest BCUT2D eigenvalue weighted by atomic mass is 10.2. The van der Waals surface area contributed by atoms with Crippen molar-refractivity contribution in [2.45, 2.75) is 12.5 Å². The van der Waals surface area contributed by atoms with E-state index in [4.69, 9.17) is 16.3 Å². The highest BCUT2D eigenvalue weighted by Crippen LogP contribution is 2.26. The lowest BCUT2D eigenvalue weighted by Crippen LogP contribution is -2.35. The molecule has 1 fully saturated rings. The number of anilines is 1. The highest BCUT2D eigenvalue weighted by Gasteiger charge is 2.33. The van der Waals surface area contributed by atoms with E-state index in [2.05, 4.69) is 5.32 Å². The second-order valence-electron chi connectivity index (χ2n) is 3.97. The fourth-order valence-electron chi connectivity index (χ4n) is 1.93. The van der Waals surface area contributed by atoms with Gasteiger partial charge in [0.05, 0.1) is 6.04 Å². The molecule has 4 nitrogen and oxygen atoms in total. The Morgan fingerprint density at radius 3 is 3.12 bits per heavy atom. The van der Waals surface area contributed by atoms with E-state index in [0.29, 0.717) is 11.6 Å². The van der Waals surface area contributed by atoms with Gasteiger partial charge in [-0.1, -0.05) is 17.7 Å². The lowest BCUT2D eigenvalue weighted by Gasteiger charge is -2.21. The number of amides is 1. The molecule has 1 N–H and O–H groups in total. The molecule has 0 radical (unpaired) electrons. The summed E-state index contributed by atoms with van der Waals surface area (Å²) in [6.45, 7) is 1.28. The van der Waals surface area contributed by atoms with Gasteiger partial charge >= 0.3 is 6.09 Å². The van der Waals surface area contributed by atoms with Gasteiger partial charge in [-0.05, 0) is 38.2 Å². The van der Waals surface area contributed by atoms with Crippen LogP contribution in [-0.4, -0.2) is 32.3 Å². The van der Waals surface area contributed by atoms with Crippen LogP contribution in [0, 0.1) is 0 Å². The quantitative estimate of drug-likeness (QED) is 0.896. The van der Waals surface area contributed by atoms with E-state index in [-0.39, 0.29) is 12.1 Å². The predicted octanol–water partition coefficient (Wildman–Crippen LogP) is 2.27. The van der Waals surface area contributed by atoms with Crippen LogP contribution in [0.5, 0.6) is 0 Å². The van der Waals surface area contributed by atoms with Crippen molar-refractivity contribution >= 4 is 23.4 Å². The van der Waals surface area contributed by atoms with E-state index in [9.17, 15) is 4.79 Å².